The maximum Gasteiger partial charge on any atom is 0.363 e. The summed E-state index contributed by atoms with van der Waals surface area (Å²) in [6.07, 6.45) is 1.63. The van der Waals surface area contributed by atoms with Gasteiger partial charge in [-0.05, 0) is 64.3 Å². The maximum absolute atomic E-state index is 12.3. The van der Waals surface area contributed by atoms with Gasteiger partial charge < -0.3 is 14.2 Å². The van der Waals surface area contributed by atoms with Crippen LogP contribution in [0.4, 0.5) is 0 Å². The van der Waals surface area contributed by atoms with Crippen molar-refractivity contribution in [3.05, 3.63) is 98.1 Å². The molecule has 162 valence electrons. The van der Waals surface area contributed by atoms with Crippen LogP contribution in [-0.4, -0.2) is 19.0 Å². The van der Waals surface area contributed by atoms with E-state index in [1.165, 1.54) is 5.56 Å². The highest BCUT2D eigenvalue weighted by Gasteiger charge is 2.25. The molecule has 0 N–H and O–H groups in total. The summed E-state index contributed by atoms with van der Waals surface area (Å²) in [5, 5.41) is 0.458. The van der Waals surface area contributed by atoms with Crippen LogP contribution in [0.2, 0.25) is 5.02 Å². The van der Waals surface area contributed by atoms with Crippen LogP contribution in [0.5, 0.6) is 11.5 Å². The molecular weight excluding hydrogens is 494 g/mol. The van der Waals surface area contributed by atoms with Gasteiger partial charge in [-0.1, -0.05) is 53.6 Å². The quantitative estimate of drug-likeness (QED) is 0.285. The van der Waals surface area contributed by atoms with Crippen LogP contribution in [0.25, 0.3) is 6.08 Å². The molecule has 0 unspecified atom stereocenters. The average molecular weight is 513 g/mol. The summed E-state index contributed by atoms with van der Waals surface area (Å²) in [5.74, 6) is 0.732. The van der Waals surface area contributed by atoms with E-state index in [2.05, 4.69) is 20.9 Å². The van der Waals surface area contributed by atoms with E-state index < -0.39 is 5.97 Å². The number of benzene rings is 3. The maximum atomic E-state index is 12.3. The lowest BCUT2D eigenvalue weighted by Gasteiger charge is -2.14. The van der Waals surface area contributed by atoms with Gasteiger partial charge >= 0.3 is 5.97 Å². The van der Waals surface area contributed by atoms with Gasteiger partial charge in [0.25, 0.3) is 0 Å². The number of nitrogens with zero attached hydrogens (tertiary/aromatic N) is 1. The lowest BCUT2D eigenvalue weighted by atomic mass is 10.1. The van der Waals surface area contributed by atoms with E-state index in [-0.39, 0.29) is 11.6 Å². The van der Waals surface area contributed by atoms with E-state index in [0.717, 1.165) is 5.56 Å². The van der Waals surface area contributed by atoms with Gasteiger partial charge in [-0.2, -0.15) is 0 Å². The predicted molar refractivity (Wildman–Crippen MR) is 128 cm³/mol. The molecule has 0 aliphatic carbocycles. The molecule has 1 aliphatic rings. The first kappa shape index (κ1) is 22.1. The molecule has 1 heterocycles. The van der Waals surface area contributed by atoms with E-state index in [9.17, 15) is 4.79 Å². The van der Waals surface area contributed by atoms with Crippen molar-refractivity contribution in [3.8, 4) is 11.5 Å². The number of hydrogen-bond donors (Lipinski definition) is 0. The lowest BCUT2D eigenvalue weighted by Crippen LogP contribution is -2.05. The standard InChI is InChI=1S/C25H19BrClNO4/c1-15-7-9-16(10-8-15)14-31-23-19(26)11-17(13-22(23)30-2)12-21-25(29)32-24(28-21)18-5-3-4-6-20(18)27/h3-13H,14H2,1-2H3/b21-12-. The molecule has 0 saturated heterocycles. The van der Waals surface area contributed by atoms with Crippen LogP contribution in [-0.2, 0) is 16.1 Å². The molecule has 0 fully saturated rings. The molecule has 3 aromatic carbocycles. The second kappa shape index (κ2) is 9.59. The minimum absolute atomic E-state index is 0.169. The highest BCUT2D eigenvalue weighted by Crippen LogP contribution is 2.38. The van der Waals surface area contributed by atoms with Crippen LogP contribution in [0.15, 0.2) is 75.8 Å². The SMILES string of the molecule is COc1cc(/C=C2\N=C(c3ccccc3Cl)OC2=O)cc(Br)c1OCc1ccc(C)cc1. The van der Waals surface area contributed by atoms with Crippen molar-refractivity contribution in [1.29, 1.82) is 0 Å². The molecule has 0 saturated carbocycles. The van der Waals surface area contributed by atoms with Crippen molar-refractivity contribution in [3.63, 3.8) is 0 Å². The molecule has 0 amide bonds. The largest absolute Gasteiger partial charge is 0.493 e. The van der Waals surface area contributed by atoms with Gasteiger partial charge in [-0.15, -0.1) is 0 Å². The number of carbonyl (C=O) groups excluding carboxylic acids is 1. The fraction of sp³-hybridized carbons (Fsp3) is 0.120. The zero-order chi connectivity index (χ0) is 22.7. The van der Waals surface area contributed by atoms with Gasteiger partial charge in [0, 0.05) is 0 Å². The summed E-state index contributed by atoms with van der Waals surface area (Å²) in [7, 11) is 1.56. The number of halogens is 2. The molecule has 7 heteroatoms. The number of hydrogen-bond acceptors (Lipinski definition) is 5. The zero-order valence-electron chi connectivity index (χ0n) is 17.4. The molecule has 32 heavy (non-hydrogen) atoms. The number of cyclic esters (lactones) is 1. The van der Waals surface area contributed by atoms with Crippen molar-refractivity contribution >= 4 is 45.5 Å². The molecule has 5 nitrogen and oxygen atoms in total. The van der Waals surface area contributed by atoms with Gasteiger partial charge in [-0.3, -0.25) is 0 Å². The normalized spacial score (nSPS) is 14.3. The first-order valence-electron chi connectivity index (χ1n) is 9.78. The smallest absolute Gasteiger partial charge is 0.363 e. The summed E-state index contributed by atoms with van der Waals surface area (Å²) < 4.78 is 17.5. The first-order valence-corrected chi connectivity index (χ1v) is 10.9. The summed E-state index contributed by atoms with van der Waals surface area (Å²) in [6.45, 7) is 2.44. The van der Waals surface area contributed by atoms with E-state index in [4.69, 9.17) is 25.8 Å². The van der Waals surface area contributed by atoms with Gasteiger partial charge in [-0.25, -0.2) is 9.79 Å². The molecule has 4 rings (SSSR count). The predicted octanol–water partition coefficient (Wildman–Crippen LogP) is 6.34. The Kier molecular flexibility index (Phi) is 6.63. The Morgan fingerprint density at radius 3 is 2.59 bits per heavy atom. The molecule has 0 atom stereocenters. The van der Waals surface area contributed by atoms with Gasteiger partial charge in [0.1, 0.15) is 6.61 Å². The molecule has 0 radical (unpaired) electrons. The summed E-state index contributed by atoms with van der Waals surface area (Å²) in [5.41, 5.74) is 3.67. The van der Waals surface area contributed by atoms with Crippen molar-refractivity contribution in [1.82, 2.24) is 0 Å². The number of aliphatic imine (C=N–C) groups is 1. The van der Waals surface area contributed by atoms with Crippen LogP contribution in [0, 0.1) is 6.92 Å². The fourth-order valence-electron chi connectivity index (χ4n) is 3.12. The third kappa shape index (κ3) is 4.87. The van der Waals surface area contributed by atoms with Gasteiger partial charge in [0.05, 0.1) is 22.2 Å². The Morgan fingerprint density at radius 2 is 1.88 bits per heavy atom. The Bertz CT molecular complexity index is 1240. The number of carbonyl (C=O) groups is 1. The fourth-order valence-corrected chi connectivity index (χ4v) is 3.91. The van der Waals surface area contributed by atoms with Crippen molar-refractivity contribution in [2.24, 2.45) is 4.99 Å². The molecule has 0 spiro atoms. The first-order chi connectivity index (χ1) is 15.4. The highest BCUT2D eigenvalue weighted by atomic mass is 79.9. The van der Waals surface area contributed by atoms with E-state index >= 15 is 0 Å². The van der Waals surface area contributed by atoms with Crippen molar-refractivity contribution in [2.75, 3.05) is 7.11 Å². The minimum Gasteiger partial charge on any atom is -0.493 e. The molecule has 0 aromatic heterocycles. The highest BCUT2D eigenvalue weighted by molar-refractivity contribution is 9.10. The van der Waals surface area contributed by atoms with Crippen LogP contribution in [0.3, 0.4) is 0 Å². The Balaban J connectivity index is 1.59. The Hall–Kier alpha value is -3.09. The average Bonchev–Trinajstić information content (AvgIpc) is 3.14. The zero-order valence-corrected chi connectivity index (χ0v) is 19.7. The third-order valence-electron chi connectivity index (χ3n) is 4.78. The third-order valence-corrected chi connectivity index (χ3v) is 5.70. The number of rotatable bonds is 6. The van der Waals surface area contributed by atoms with E-state index in [0.29, 0.717) is 38.7 Å². The second-order valence-electron chi connectivity index (χ2n) is 7.12. The molecule has 3 aromatic rings. The van der Waals surface area contributed by atoms with Crippen molar-refractivity contribution in [2.45, 2.75) is 13.5 Å². The summed E-state index contributed by atoms with van der Waals surface area (Å²) >= 11 is 9.73. The number of esters is 1. The summed E-state index contributed by atoms with van der Waals surface area (Å²) in [6, 6.07) is 18.8. The lowest BCUT2D eigenvalue weighted by molar-refractivity contribution is -0.129. The molecule has 0 bridgehead atoms. The van der Waals surface area contributed by atoms with E-state index in [1.807, 2.05) is 37.3 Å². The second-order valence-corrected chi connectivity index (χ2v) is 8.39. The van der Waals surface area contributed by atoms with Crippen LogP contribution >= 0.6 is 27.5 Å². The monoisotopic (exact) mass is 511 g/mol. The van der Waals surface area contributed by atoms with Gasteiger partial charge in [0.2, 0.25) is 5.90 Å². The topological polar surface area (TPSA) is 57.1 Å². The van der Waals surface area contributed by atoms with Gasteiger partial charge in [0.15, 0.2) is 17.2 Å². The Morgan fingerprint density at radius 1 is 1.12 bits per heavy atom. The number of ether oxygens (including phenoxy) is 3. The summed E-state index contributed by atoms with van der Waals surface area (Å²) in [4.78, 5) is 16.7. The number of aryl methyl sites for hydroxylation is 1. The molecule has 1 aliphatic heterocycles. The van der Waals surface area contributed by atoms with Crippen LogP contribution < -0.4 is 9.47 Å². The van der Waals surface area contributed by atoms with Crippen LogP contribution in [0.1, 0.15) is 22.3 Å². The number of methoxy groups -OCH3 is 1. The van der Waals surface area contributed by atoms with Crippen molar-refractivity contribution < 1.29 is 19.0 Å². The Labute approximate surface area is 199 Å². The molecular formula is C25H19BrClNO4. The van der Waals surface area contributed by atoms with E-state index in [1.54, 1.807) is 43.5 Å². The minimum atomic E-state index is -0.547.